The highest BCUT2D eigenvalue weighted by Crippen LogP contribution is 2.28. The zero-order valence-corrected chi connectivity index (χ0v) is 17.4. The molecule has 0 atom stereocenters. The van der Waals surface area contributed by atoms with E-state index in [9.17, 15) is 9.59 Å². The predicted molar refractivity (Wildman–Crippen MR) is 110 cm³/mol. The number of rotatable bonds is 10. The maximum absolute atomic E-state index is 12.0. The second-order valence-electron chi connectivity index (χ2n) is 6.14. The van der Waals surface area contributed by atoms with Crippen LogP contribution >= 0.6 is 11.6 Å². The number of ether oxygens (including phenoxy) is 4. The van der Waals surface area contributed by atoms with E-state index >= 15 is 0 Å². The molecule has 0 saturated carbocycles. The fourth-order valence-electron chi connectivity index (χ4n) is 2.49. The van der Waals surface area contributed by atoms with Gasteiger partial charge in [0.15, 0.2) is 6.61 Å². The topological polar surface area (TPSA) is 83.1 Å². The van der Waals surface area contributed by atoms with Crippen LogP contribution in [0.3, 0.4) is 0 Å². The molecule has 1 amide bonds. The van der Waals surface area contributed by atoms with Gasteiger partial charge in [-0.2, -0.15) is 0 Å². The van der Waals surface area contributed by atoms with Gasteiger partial charge in [-0.1, -0.05) is 11.6 Å². The summed E-state index contributed by atoms with van der Waals surface area (Å²) in [6, 6.07) is 10.3. The molecule has 0 fully saturated rings. The number of aryl methyl sites for hydroxylation is 1. The standard InChI is InChI=1S/C21H24ClNO6/c1-14-11-15(22)6-8-18(14)28-10-4-5-21(25)29-13-20(24)23-17-12-16(26-2)7-9-19(17)27-3/h6-9,11-12H,4-5,10,13H2,1-3H3,(H,23,24). The van der Waals surface area contributed by atoms with Crippen molar-refractivity contribution in [1.82, 2.24) is 0 Å². The van der Waals surface area contributed by atoms with Crippen molar-refractivity contribution >= 4 is 29.2 Å². The first kappa shape index (κ1) is 22.4. The van der Waals surface area contributed by atoms with Crippen molar-refractivity contribution in [2.45, 2.75) is 19.8 Å². The Balaban J connectivity index is 1.71. The quantitative estimate of drug-likeness (QED) is 0.461. The molecule has 2 rings (SSSR count). The van der Waals surface area contributed by atoms with Crippen LogP contribution in [0.2, 0.25) is 5.02 Å². The van der Waals surface area contributed by atoms with Gasteiger partial charge in [0.1, 0.15) is 17.2 Å². The molecule has 0 saturated heterocycles. The highest BCUT2D eigenvalue weighted by atomic mass is 35.5. The summed E-state index contributed by atoms with van der Waals surface area (Å²) < 4.78 is 20.9. The predicted octanol–water partition coefficient (Wildman–Crippen LogP) is 4.01. The fraction of sp³-hybridized carbons (Fsp3) is 0.333. The summed E-state index contributed by atoms with van der Waals surface area (Å²) in [5.74, 6) is 0.802. The van der Waals surface area contributed by atoms with Crippen LogP contribution in [0, 0.1) is 6.92 Å². The van der Waals surface area contributed by atoms with E-state index in [-0.39, 0.29) is 6.42 Å². The molecule has 0 aliphatic rings. The lowest BCUT2D eigenvalue weighted by Crippen LogP contribution is -2.21. The van der Waals surface area contributed by atoms with E-state index in [2.05, 4.69) is 5.32 Å². The first-order chi connectivity index (χ1) is 13.9. The van der Waals surface area contributed by atoms with Crippen molar-refractivity contribution in [2.75, 3.05) is 32.8 Å². The van der Waals surface area contributed by atoms with E-state index in [1.807, 2.05) is 6.92 Å². The van der Waals surface area contributed by atoms with Gasteiger partial charge < -0.3 is 24.3 Å². The van der Waals surface area contributed by atoms with Gasteiger partial charge in [-0.05, 0) is 49.2 Å². The van der Waals surface area contributed by atoms with Crippen molar-refractivity contribution < 1.29 is 28.5 Å². The monoisotopic (exact) mass is 421 g/mol. The van der Waals surface area contributed by atoms with Crippen LogP contribution in [0.15, 0.2) is 36.4 Å². The summed E-state index contributed by atoms with van der Waals surface area (Å²) in [5.41, 5.74) is 1.35. The summed E-state index contributed by atoms with van der Waals surface area (Å²) in [5, 5.41) is 3.28. The van der Waals surface area contributed by atoms with E-state index in [0.29, 0.717) is 35.2 Å². The molecule has 0 aliphatic heterocycles. The first-order valence-electron chi connectivity index (χ1n) is 8.99. The lowest BCUT2D eigenvalue weighted by atomic mass is 10.2. The number of carbonyl (C=O) groups is 2. The summed E-state index contributed by atoms with van der Waals surface area (Å²) in [6.45, 7) is 1.85. The van der Waals surface area contributed by atoms with Gasteiger partial charge in [0.2, 0.25) is 0 Å². The third-order valence-corrected chi connectivity index (χ3v) is 4.20. The van der Waals surface area contributed by atoms with Gasteiger partial charge in [0.25, 0.3) is 5.91 Å². The Morgan fingerprint density at radius 1 is 1.03 bits per heavy atom. The Hall–Kier alpha value is -2.93. The molecular weight excluding hydrogens is 398 g/mol. The summed E-state index contributed by atoms with van der Waals surface area (Å²) >= 11 is 5.90. The Morgan fingerprint density at radius 2 is 1.79 bits per heavy atom. The number of amides is 1. The molecule has 2 aromatic rings. The van der Waals surface area contributed by atoms with Crippen LogP contribution in [0.25, 0.3) is 0 Å². The van der Waals surface area contributed by atoms with Crippen LogP contribution in [0.4, 0.5) is 5.69 Å². The first-order valence-corrected chi connectivity index (χ1v) is 9.37. The third-order valence-electron chi connectivity index (χ3n) is 3.96. The second kappa shape index (κ2) is 11.2. The zero-order chi connectivity index (χ0) is 21.2. The molecule has 0 radical (unpaired) electrons. The van der Waals surface area contributed by atoms with Crippen molar-refractivity contribution in [2.24, 2.45) is 0 Å². The SMILES string of the molecule is COc1ccc(OC)c(NC(=O)COC(=O)CCCOc2ccc(Cl)cc2C)c1. The van der Waals surface area contributed by atoms with E-state index in [0.717, 1.165) is 11.3 Å². The van der Waals surface area contributed by atoms with Crippen LogP contribution in [-0.2, 0) is 14.3 Å². The highest BCUT2D eigenvalue weighted by Gasteiger charge is 2.12. The Morgan fingerprint density at radius 3 is 2.48 bits per heavy atom. The number of nitrogens with one attached hydrogen (secondary N) is 1. The average molecular weight is 422 g/mol. The molecule has 0 bridgehead atoms. The third kappa shape index (κ3) is 7.19. The molecule has 0 aliphatic carbocycles. The molecular formula is C21H24ClNO6. The van der Waals surface area contributed by atoms with Gasteiger partial charge in [-0.15, -0.1) is 0 Å². The maximum atomic E-state index is 12.0. The number of benzene rings is 2. The molecule has 156 valence electrons. The number of methoxy groups -OCH3 is 2. The lowest BCUT2D eigenvalue weighted by Gasteiger charge is -2.12. The summed E-state index contributed by atoms with van der Waals surface area (Å²) in [4.78, 5) is 23.9. The molecule has 0 unspecified atom stereocenters. The van der Waals surface area contributed by atoms with Gasteiger partial charge >= 0.3 is 5.97 Å². The van der Waals surface area contributed by atoms with Crippen LogP contribution < -0.4 is 19.5 Å². The molecule has 2 aromatic carbocycles. The Kier molecular flexibility index (Phi) is 8.61. The minimum Gasteiger partial charge on any atom is -0.497 e. The van der Waals surface area contributed by atoms with E-state index in [1.54, 1.807) is 36.4 Å². The molecule has 7 nitrogen and oxygen atoms in total. The van der Waals surface area contributed by atoms with Crippen LogP contribution in [-0.4, -0.2) is 39.3 Å². The van der Waals surface area contributed by atoms with Crippen LogP contribution in [0.5, 0.6) is 17.2 Å². The van der Waals surface area contributed by atoms with E-state index in [4.69, 9.17) is 30.5 Å². The molecule has 0 spiro atoms. The summed E-state index contributed by atoms with van der Waals surface area (Å²) in [7, 11) is 3.01. The Labute approximate surface area is 174 Å². The number of halogens is 1. The van der Waals surface area contributed by atoms with Gasteiger partial charge in [-0.25, -0.2) is 0 Å². The van der Waals surface area contributed by atoms with Crippen molar-refractivity contribution in [3.63, 3.8) is 0 Å². The van der Waals surface area contributed by atoms with Gasteiger partial charge in [0, 0.05) is 17.5 Å². The molecule has 8 heteroatoms. The maximum Gasteiger partial charge on any atom is 0.306 e. The smallest absolute Gasteiger partial charge is 0.306 e. The average Bonchev–Trinajstić information content (AvgIpc) is 2.70. The van der Waals surface area contributed by atoms with Crippen molar-refractivity contribution in [1.29, 1.82) is 0 Å². The molecule has 1 N–H and O–H groups in total. The fourth-order valence-corrected chi connectivity index (χ4v) is 2.72. The molecule has 29 heavy (non-hydrogen) atoms. The van der Waals surface area contributed by atoms with Gasteiger partial charge in [-0.3, -0.25) is 9.59 Å². The largest absolute Gasteiger partial charge is 0.497 e. The highest BCUT2D eigenvalue weighted by molar-refractivity contribution is 6.30. The lowest BCUT2D eigenvalue weighted by molar-refractivity contribution is -0.147. The van der Waals surface area contributed by atoms with E-state index in [1.165, 1.54) is 14.2 Å². The number of hydrogen-bond acceptors (Lipinski definition) is 6. The number of esters is 1. The van der Waals surface area contributed by atoms with E-state index < -0.39 is 18.5 Å². The minimum atomic E-state index is -0.478. The van der Waals surface area contributed by atoms with Crippen molar-refractivity contribution in [3.05, 3.63) is 47.0 Å². The Bertz CT molecular complexity index is 855. The van der Waals surface area contributed by atoms with Crippen LogP contribution in [0.1, 0.15) is 18.4 Å². The molecule has 0 aromatic heterocycles. The molecule has 0 heterocycles. The summed E-state index contributed by atoms with van der Waals surface area (Å²) in [6.07, 6.45) is 0.606. The number of hydrogen-bond donors (Lipinski definition) is 1. The minimum absolute atomic E-state index is 0.141. The van der Waals surface area contributed by atoms with Crippen molar-refractivity contribution in [3.8, 4) is 17.2 Å². The van der Waals surface area contributed by atoms with Gasteiger partial charge in [0.05, 0.1) is 26.5 Å². The normalized spacial score (nSPS) is 10.2. The number of carbonyl (C=O) groups excluding carboxylic acids is 2. The number of anilines is 1. The second-order valence-corrected chi connectivity index (χ2v) is 6.57. The zero-order valence-electron chi connectivity index (χ0n) is 16.6.